The molecule has 0 aromatic heterocycles. The number of phenols is 1. The molecule has 0 saturated carbocycles. The van der Waals surface area contributed by atoms with Crippen molar-refractivity contribution in [3.05, 3.63) is 58.2 Å². The third-order valence-corrected chi connectivity index (χ3v) is 8.27. The van der Waals surface area contributed by atoms with Gasteiger partial charge in [0.15, 0.2) is 23.1 Å². The number of hydrogen-bond acceptors (Lipinski definition) is 7. The van der Waals surface area contributed by atoms with Crippen LogP contribution in [0, 0.1) is 23.7 Å². The van der Waals surface area contributed by atoms with Crippen molar-refractivity contribution in [2.24, 2.45) is 23.7 Å². The fourth-order valence-electron chi connectivity index (χ4n) is 6.52. The number of likely N-dealkylation sites (tertiary alicyclic amines) is 1. The van der Waals surface area contributed by atoms with Gasteiger partial charge in [0.25, 0.3) is 0 Å². The molecular formula is C31H33NO7. The number of ether oxygens (including phenoxy) is 2. The summed E-state index contributed by atoms with van der Waals surface area (Å²) in [5.74, 6) is -2.43. The van der Waals surface area contributed by atoms with Crippen LogP contribution in [-0.4, -0.2) is 53.1 Å². The number of ketones is 2. The highest BCUT2D eigenvalue weighted by molar-refractivity contribution is 6.23. The topological polar surface area (TPSA) is 110 Å². The quantitative estimate of drug-likeness (QED) is 0.353. The van der Waals surface area contributed by atoms with E-state index in [1.807, 2.05) is 32.9 Å². The lowest BCUT2D eigenvalue weighted by molar-refractivity contribution is -0.145. The summed E-state index contributed by atoms with van der Waals surface area (Å²) in [7, 11) is 2.88. The van der Waals surface area contributed by atoms with Gasteiger partial charge in [0.1, 0.15) is 0 Å². The van der Waals surface area contributed by atoms with Crippen molar-refractivity contribution in [3.8, 4) is 17.2 Å². The molecule has 0 radical (unpaired) electrons. The number of imide groups is 1. The zero-order valence-electron chi connectivity index (χ0n) is 23.0. The molecular weight excluding hydrogens is 498 g/mol. The van der Waals surface area contributed by atoms with Gasteiger partial charge in [0, 0.05) is 28.2 Å². The molecule has 4 aliphatic rings. The van der Waals surface area contributed by atoms with Crippen LogP contribution in [-0.2, 0) is 19.2 Å². The fourth-order valence-corrected chi connectivity index (χ4v) is 6.52. The summed E-state index contributed by atoms with van der Waals surface area (Å²) < 4.78 is 10.6. The van der Waals surface area contributed by atoms with Gasteiger partial charge in [0.2, 0.25) is 17.6 Å². The Morgan fingerprint density at radius 2 is 1.64 bits per heavy atom. The Balaban J connectivity index is 1.62. The number of allylic oxidation sites excluding steroid dienone is 7. The maximum Gasteiger partial charge on any atom is 0.234 e. The molecule has 0 bridgehead atoms. The lowest BCUT2D eigenvalue weighted by Crippen LogP contribution is -2.46. The molecule has 0 spiro atoms. The number of aromatic hydroxyl groups is 1. The molecule has 4 unspecified atom stereocenters. The van der Waals surface area contributed by atoms with Gasteiger partial charge in [0.05, 0.1) is 26.1 Å². The van der Waals surface area contributed by atoms with Crippen LogP contribution in [0.5, 0.6) is 17.2 Å². The summed E-state index contributed by atoms with van der Waals surface area (Å²) in [6.45, 7) is 7.17. The van der Waals surface area contributed by atoms with Crippen molar-refractivity contribution in [3.63, 3.8) is 0 Å². The summed E-state index contributed by atoms with van der Waals surface area (Å²) in [5.41, 5.74) is 2.11. The maximum atomic E-state index is 13.7. The number of amides is 2. The summed E-state index contributed by atoms with van der Waals surface area (Å²) in [4.78, 5) is 55.0. The van der Waals surface area contributed by atoms with E-state index in [1.165, 1.54) is 25.2 Å². The van der Waals surface area contributed by atoms with E-state index in [2.05, 4.69) is 0 Å². The van der Waals surface area contributed by atoms with Crippen LogP contribution < -0.4 is 9.47 Å². The minimum absolute atomic E-state index is 0.123. The smallest absolute Gasteiger partial charge is 0.234 e. The van der Waals surface area contributed by atoms with E-state index in [4.69, 9.17) is 9.47 Å². The van der Waals surface area contributed by atoms with Crippen molar-refractivity contribution in [1.29, 1.82) is 0 Å². The molecule has 1 fully saturated rings. The standard InChI is InChI=1S/C31H33NO7/c1-15-11-22(33)21-14-20-17(9-10-19-26(20)30(37)32(29(19)36)31(2,3)4)18(25(21)27(15)34)8-7-16-12-23(38-5)28(35)24(13-16)39-6/h7-9,11-13,18-20,26,35H,10,14H2,1-6H3. The van der Waals surface area contributed by atoms with E-state index in [9.17, 15) is 24.3 Å². The second-order valence-corrected chi connectivity index (χ2v) is 11.6. The van der Waals surface area contributed by atoms with Gasteiger partial charge in [-0.15, -0.1) is 0 Å². The Hall–Kier alpha value is -3.94. The van der Waals surface area contributed by atoms with E-state index >= 15 is 0 Å². The summed E-state index contributed by atoms with van der Waals surface area (Å²) in [6.07, 6.45) is 7.66. The number of carbonyl (C=O) groups excluding carboxylic acids is 4. The number of fused-ring (bicyclic) bond motifs is 3. The molecule has 3 aliphatic carbocycles. The summed E-state index contributed by atoms with van der Waals surface area (Å²) >= 11 is 0. The van der Waals surface area contributed by atoms with Crippen LogP contribution in [0.15, 0.2) is 52.7 Å². The molecule has 1 aromatic carbocycles. The molecule has 1 heterocycles. The maximum absolute atomic E-state index is 13.7. The predicted octanol–water partition coefficient (Wildman–Crippen LogP) is 4.18. The first kappa shape index (κ1) is 26.7. The Bertz CT molecular complexity index is 1410. The van der Waals surface area contributed by atoms with Crippen LogP contribution in [0.2, 0.25) is 0 Å². The predicted molar refractivity (Wildman–Crippen MR) is 144 cm³/mol. The molecule has 39 heavy (non-hydrogen) atoms. The lowest BCUT2D eigenvalue weighted by Gasteiger charge is -2.41. The SMILES string of the molecule is COc1cc(C=CC2C3=CCC4C(=O)N(C(C)(C)C)C(=O)C4C3CC3=C2C(=O)C(C)=CC3=O)cc(OC)c1O. The number of phenolic OH excluding ortho intramolecular Hbond substituents is 1. The van der Waals surface area contributed by atoms with Gasteiger partial charge >= 0.3 is 0 Å². The monoisotopic (exact) mass is 531 g/mol. The van der Waals surface area contributed by atoms with Crippen molar-refractivity contribution in [2.75, 3.05) is 14.2 Å². The first-order valence-corrected chi connectivity index (χ1v) is 13.1. The second kappa shape index (κ2) is 9.36. The molecule has 2 amide bonds. The van der Waals surface area contributed by atoms with Gasteiger partial charge in [-0.3, -0.25) is 24.1 Å². The van der Waals surface area contributed by atoms with Crippen LogP contribution in [0.1, 0.15) is 46.1 Å². The van der Waals surface area contributed by atoms with Crippen LogP contribution in [0.25, 0.3) is 6.08 Å². The first-order chi connectivity index (χ1) is 18.4. The third kappa shape index (κ3) is 4.13. The van der Waals surface area contributed by atoms with E-state index in [0.29, 0.717) is 28.7 Å². The highest BCUT2D eigenvalue weighted by Crippen LogP contribution is 2.53. The van der Waals surface area contributed by atoms with Gasteiger partial charge < -0.3 is 14.6 Å². The Morgan fingerprint density at radius 1 is 1.00 bits per heavy atom. The number of carbonyl (C=O) groups is 4. The molecule has 8 heteroatoms. The Morgan fingerprint density at radius 3 is 2.23 bits per heavy atom. The lowest BCUT2D eigenvalue weighted by atomic mass is 9.60. The van der Waals surface area contributed by atoms with Crippen molar-refractivity contribution >= 4 is 29.5 Å². The number of methoxy groups -OCH3 is 2. The van der Waals surface area contributed by atoms with Crippen molar-refractivity contribution < 1.29 is 33.8 Å². The fraction of sp³-hybridized carbons (Fsp3) is 0.419. The molecule has 204 valence electrons. The van der Waals surface area contributed by atoms with Gasteiger partial charge in [-0.1, -0.05) is 23.8 Å². The second-order valence-electron chi connectivity index (χ2n) is 11.6. The molecule has 1 N–H and O–H groups in total. The molecule has 4 atom stereocenters. The normalized spacial score (nSPS) is 26.9. The first-order valence-electron chi connectivity index (χ1n) is 13.1. The number of hydrogen-bond donors (Lipinski definition) is 1. The Labute approximate surface area is 227 Å². The largest absolute Gasteiger partial charge is 0.502 e. The average molecular weight is 532 g/mol. The molecule has 1 aliphatic heterocycles. The summed E-state index contributed by atoms with van der Waals surface area (Å²) in [5, 5.41) is 10.3. The average Bonchev–Trinajstić information content (AvgIpc) is 3.15. The number of nitrogens with zero attached hydrogens (tertiary/aromatic N) is 1. The van der Waals surface area contributed by atoms with Crippen molar-refractivity contribution in [2.45, 2.75) is 46.1 Å². The Kier molecular flexibility index (Phi) is 6.40. The molecule has 8 nitrogen and oxygen atoms in total. The van der Waals surface area contributed by atoms with E-state index in [-0.39, 0.29) is 53.0 Å². The molecule has 1 saturated heterocycles. The van der Waals surface area contributed by atoms with Crippen LogP contribution in [0.4, 0.5) is 0 Å². The summed E-state index contributed by atoms with van der Waals surface area (Å²) in [6, 6.07) is 3.29. The van der Waals surface area contributed by atoms with Gasteiger partial charge in [-0.25, -0.2) is 0 Å². The van der Waals surface area contributed by atoms with Crippen LogP contribution >= 0.6 is 0 Å². The highest BCUT2D eigenvalue weighted by Gasteiger charge is 2.57. The zero-order chi connectivity index (χ0) is 28.4. The van der Waals surface area contributed by atoms with E-state index in [1.54, 1.807) is 25.1 Å². The minimum Gasteiger partial charge on any atom is -0.502 e. The van der Waals surface area contributed by atoms with E-state index < -0.39 is 23.3 Å². The molecule has 5 rings (SSSR count). The van der Waals surface area contributed by atoms with Crippen molar-refractivity contribution in [1.82, 2.24) is 4.90 Å². The van der Waals surface area contributed by atoms with Crippen LogP contribution in [0.3, 0.4) is 0 Å². The van der Waals surface area contributed by atoms with E-state index in [0.717, 1.165) is 5.57 Å². The third-order valence-electron chi connectivity index (χ3n) is 8.27. The zero-order valence-corrected chi connectivity index (χ0v) is 23.0. The minimum atomic E-state index is -0.655. The number of rotatable bonds is 4. The highest BCUT2D eigenvalue weighted by atomic mass is 16.5. The molecule has 1 aromatic rings. The number of benzene rings is 1. The van der Waals surface area contributed by atoms with Gasteiger partial charge in [-0.05, 0) is 70.2 Å². The van der Waals surface area contributed by atoms with Gasteiger partial charge in [-0.2, -0.15) is 0 Å². The number of Topliss-reactive ketones (excluding diaryl/α,β-unsaturated/α-hetero) is 1.